The zero-order chi connectivity index (χ0) is 22.6. The molecule has 1 fully saturated rings. The van der Waals surface area contributed by atoms with Crippen LogP contribution in [0.2, 0.25) is 0 Å². The first-order valence-corrected chi connectivity index (χ1v) is 11.7. The summed E-state index contributed by atoms with van der Waals surface area (Å²) in [6.07, 6.45) is 1.33. The molecular formula is C22H24F3NO4S. The average Bonchev–Trinajstić information content (AvgIpc) is 3.23. The Morgan fingerprint density at radius 3 is 2.29 bits per heavy atom. The van der Waals surface area contributed by atoms with E-state index in [0.29, 0.717) is 11.1 Å². The van der Waals surface area contributed by atoms with Gasteiger partial charge in [-0.2, -0.15) is 13.2 Å². The minimum atomic E-state index is -4.74. The molecular weight excluding hydrogens is 431 g/mol. The topological polar surface area (TPSA) is 87.2 Å². The van der Waals surface area contributed by atoms with E-state index in [1.165, 1.54) is 18.2 Å². The summed E-state index contributed by atoms with van der Waals surface area (Å²) in [6, 6.07) is 8.05. The smallest absolute Gasteiger partial charge is 0.396 e. The number of aromatic nitrogens is 1. The number of rotatable bonds is 7. The Labute approximate surface area is 178 Å². The molecule has 0 saturated heterocycles. The standard InChI is InChI=1S/C22H24F3NO4S/c23-22(24,25)19-10-11-20(26-21(19)28)18(14-15-4-1-2-5-15)16-6-8-17(9-7-16)31(29,30)13-3-12-27/h6-11,14-15,27H,1-5,12-13H2,(H,26,28)/b18-14+. The van der Waals surface area contributed by atoms with E-state index in [0.717, 1.165) is 31.7 Å². The highest BCUT2D eigenvalue weighted by Gasteiger charge is 2.34. The monoisotopic (exact) mass is 455 g/mol. The van der Waals surface area contributed by atoms with Crippen molar-refractivity contribution in [2.75, 3.05) is 12.4 Å². The first kappa shape index (κ1) is 23.3. The number of aliphatic hydroxyl groups excluding tert-OH is 1. The van der Waals surface area contributed by atoms with Crippen molar-refractivity contribution in [1.82, 2.24) is 4.98 Å². The summed E-state index contributed by atoms with van der Waals surface area (Å²) in [7, 11) is -3.54. The Bertz CT molecular complexity index is 1100. The Morgan fingerprint density at radius 2 is 1.74 bits per heavy atom. The Kier molecular flexibility index (Phi) is 7.06. The summed E-state index contributed by atoms with van der Waals surface area (Å²) in [4.78, 5) is 14.5. The maximum Gasteiger partial charge on any atom is 0.421 e. The molecule has 2 N–H and O–H groups in total. The van der Waals surface area contributed by atoms with Crippen LogP contribution in [-0.4, -0.2) is 30.9 Å². The lowest BCUT2D eigenvalue weighted by atomic mass is 9.96. The van der Waals surface area contributed by atoms with E-state index >= 15 is 0 Å². The van der Waals surface area contributed by atoms with Crippen molar-refractivity contribution < 1.29 is 26.7 Å². The van der Waals surface area contributed by atoms with Crippen molar-refractivity contribution >= 4 is 15.4 Å². The van der Waals surface area contributed by atoms with Crippen LogP contribution in [0.4, 0.5) is 13.2 Å². The van der Waals surface area contributed by atoms with Gasteiger partial charge in [-0.1, -0.05) is 31.1 Å². The third kappa shape index (κ3) is 5.65. The molecule has 1 saturated carbocycles. The number of nitrogens with one attached hydrogen (secondary N) is 1. The molecule has 1 aromatic carbocycles. The fourth-order valence-electron chi connectivity index (χ4n) is 3.77. The lowest BCUT2D eigenvalue weighted by Crippen LogP contribution is -2.22. The van der Waals surface area contributed by atoms with Gasteiger partial charge in [0.15, 0.2) is 9.84 Å². The molecule has 0 bridgehead atoms. The van der Waals surface area contributed by atoms with E-state index in [-0.39, 0.29) is 35.3 Å². The van der Waals surface area contributed by atoms with E-state index in [9.17, 15) is 26.4 Å². The van der Waals surface area contributed by atoms with Gasteiger partial charge >= 0.3 is 6.18 Å². The van der Waals surface area contributed by atoms with E-state index in [4.69, 9.17) is 5.11 Å². The molecule has 1 aliphatic rings. The third-order valence-corrected chi connectivity index (χ3v) is 7.22. The molecule has 5 nitrogen and oxygen atoms in total. The second-order valence-electron chi connectivity index (χ2n) is 7.66. The van der Waals surface area contributed by atoms with Crippen molar-refractivity contribution in [3.8, 4) is 0 Å². The summed E-state index contributed by atoms with van der Waals surface area (Å²) in [6.45, 7) is -0.229. The summed E-state index contributed by atoms with van der Waals surface area (Å²) < 4.78 is 63.5. The predicted molar refractivity (Wildman–Crippen MR) is 111 cm³/mol. The third-order valence-electron chi connectivity index (χ3n) is 5.40. The van der Waals surface area contributed by atoms with Crippen LogP contribution in [-0.2, 0) is 16.0 Å². The number of sulfone groups is 1. The Hall–Kier alpha value is -2.39. The van der Waals surface area contributed by atoms with Gasteiger partial charge in [-0.15, -0.1) is 0 Å². The quantitative estimate of drug-likeness (QED) is 0.656. The molecule has 1 aromatic heterocycles. The van der Waals surface area contributed by atoms with Gasteiger partial charge in [-0.25, -0.2) is 8.42 Å². The van der Waals surface area contributed by atoms with Crippen LogP contribution in [0.3, 0.4) is 0 Å². The van der Waals surface area contributed by atoms with Crippen LogP contribution in [0.5, 0.6) is 0 Å². The number of benzene rings is 1. The molecule has 0 amide bonds. The maximum absolute atomic E-state index is 13.0. The summed E-state index contributed by atoms with van der Waals surface area (Å²) >= 11 is 0. The zero-order valence-electron chi connectivity index (χ0n) is 16.8. The lowest BCUT2D eigenvalue weighted by molar-refractivity contribution is -0.138. The zero-order valence-corrected chi connectivity index (χ0v) is 17.6. The predicted octanol–water partition coefficient (Wildman–Crippen LogP) is 4.17. The molecule has 168 valence electrons. The molecule has 9 heteroatoms. The molecule has 1 aliphatic carbocycles. The molecule has 0 atom stereocenters. The number of halogens is 3. The van der Waals surface area contributed by atoms with Crippen molar-refractivity contribution in [2.45, 2.75) is 43.2 Å². The number of hydrogen-bond acceptors (Lipinski definition) is 4. The number of aliphatic hydroxyl groups is 1. The van der Waals surface area contributed by atoms with Gasteiger partial charge in [-0.3, -0.25) is 4.79 Å². The van der Waals surface area contributed by atoms with Crippen LogP contribution >= 0.6 is 0 Å². The number of allylic oxidation sites excluding steroid dienone is 1. The van der Waals surface area contributed by atoms with Gasteiger partial charge in [0.25, 0.3) is 5.56 Å². The summed E-state index contributed by atoms with van der Waals surface area (Å²) in [5.41, 5.74) is -1.06. The van der Waals surface area contributed by atoms with Gasteiger partial charge in [0, 0.05) is 17.9 Å². The SMILES string of the molecule is O=c1[nH]c(/C(=C/C2CCCC2)c2ccc(S(=O)(=O)CCCO)cc2)ccc1C(F)(F)F. The van der Waals surface area contributed by atoms with E-state index in [2.05, 4.69) is 4.98 Å². The van der Waals surface area contributed by atoms with E-state index in [1.807, 2.05) is 6.08 Å². The molecule has 31 heavy (non-hydrogen) atoms. The fraction of sp³-hybridized carbons (Fsp3) is 0.409. The number of pyridine rings is 1. The summed E-state index contributed by atoms with van der Waals surface area (Å²) in [5.74, 6) is 0.0496. The number of aromatic amines is 1. The second kappa shape index (κ2) is 9.40. The molecule has 3 rings (SSSR count). The highest BCUT2D eigenvalue weighted by molar-refractivity contribution is 7.91. The van der Waals surface area contributed by atoms with E-state index < -0.39 is 27.1 Å². The molecule has 0 radical (unpaired) electrons. The average molecular weight is 455 g/mol. The van der Waals surface area contributed by atoms with Gasteiger partial charge in [0.1, 0.15) is 5.56 Å². The fourth-order valence-corrected chi connectivity index (χ4v) is 5.07. The van der Waals surface area contributed by atoms with Crippen molar-refractivity contribution in [1.29, 1.82) is 0 Å². The largest absolute Gasteiger partial charge is 0.421 e. The highest BCUT2D eigenvalue weighted by Crippen LogP contribution is 2.33. The first-order valence-electron chi connectivity index (χ1n) is 10.1. The van der Waals surface area contributed by atoms with Gasteiger partial charge in [0.05, 0.1) is 10.6 Å². The number of alkyl halides is 3. The van der Waals surface area contributed by atoms with Crippen molar-refractivity contribution in [3.63, 3.8) is 0 Å². The molecule has 0 aliphatic heterocycles. The van der Waals surface area contributed by atoms with Crippen LogP contribution in [0.25, 0.3) is 5.57 Å². The second-order valence-corrected chi connectivity index (χ2v) is 9.77. The lowest BCUT2D eigenvalue weighted by Gasteiger charge is -2.14. The van der Waals surface area contributed by atoms with Crippen LogP contribution in [0.1, 0.15) is 48.9 Å². The van der Waals surface area contributed by atoms with Gasteiger partial charge in [-0.05, 0) is 55.0 Å². The normalized spacial score (nSPS) is 16.1. The van der Waals surface area contributed by atoms with Gasteiger partial charge < -0.3 is 10.1 Å². The van der Waals surface area contributed by atoms with Crippen LogP contribution < -0.4 is 5.56 Å². The van der Waals surface area contributed by atoms with Crippen LogP contribution in [0.15, 0.2) is 52.2 Å². The highest BCUT2D eigenvalue weighted by atomic mass is 32.2. The van der Waals surface area contributed by atoms with Crippen molar-refractivity contribution in [3.05, 3.63) is 69.6 Å². The molecule has 0 unspecified atom stereocenters. The minimum absolute atomic E-state index is 0.103. The summed E-state index contributed by atoms with van der Waals surface area (Å²) in [5, 5.41) is 8.88. The Morgan fingerprint density at radius 1 is 1.10 bits per heavy atom. The van der Waals surface area contributed by atoms with Crippen molar-refractivity contribution in [2.24, 2.45) is 5.92 Å². The number of H-pyrrole nitrogens is 1. The van der Waals surface area contributed by atoms with Gasteiger partial charge in [0.2, 0.25) is 0 Å². The molecule has 2 aromatic rings. The van der Waals surface area contributed by atoms with Crippen LogP contribution in [0, 0.1) is 5.92 Å². The van der Waals surface area contributed by atoms with E-state index in [1.54, 1.807) is 12.1 Å². The first-order chi connectivity index (χ1) is 14.6. The minimum Gasteiger partial charge on any atom is -0.396 e. The Balaban J connectivity index is 2.01. The number of hydrogen-bond donors (Lipinski definition) is 2. The maximum atomic E-state index is 13.0. The molecule has 0 spiro atoms. The molecule has 1 heterocycles.